The van der Waals surface area contributed by atoms with Gasteiger partial charge in [-0.3, -0.25) is 14.5 Å². The van der Waals surface area contributed by atoms with E-state index in [1.54, 1.807) is 7.11 Å². The van der Waals surface area contributed by atoms with Crippen molar-refractivity contribution in [3.63, 3.8) is 0 Å². The summed E-state index contributed by atoms with van der Waals surface area (Å²) in [6.45, 7) is 8.42. The molecule has 1 aromatic carbocycles. The molecule has 1 aliphatic rings. The minimum Gasteiger partial charge on any atom is -0.496 e. The number of carbonyl (C=O) groups excluding carboxylic acids is 2. The van der Waals surface area contributed by atoms with Crippen molar-refractivity contribution in [3.8, 4) is 5.75 Å². The van der Waals surface area contributed by atoms with Crippen LogP contribution in [0.5, 0.6) is 5.75 Å². The predicted molar refractivity (Wildman–Crippen MR) is 125 cm³/mol. The van der Waals surface area contributed by atoms with Gasteiger partial charge in [0.2, 0.25) is 11.8 Å². The number of piperidine rings is 1. The molecule has 1 atom stereocenters. The fourth-order valence-corrected chi connectivity index (χ4v) is 4.37. The lowest BCUT2D eigenvalue weighted by molar-refractivity contribution is -0.131. The van der Waals surface area contributed by atoms with Crippen molar-refractivity contribution < 1.29 is 14.3 Å². The van der Waals surface area contributed by atoms with Crippen molar-refractivity contribution in [1.82, 2.24) is 15.1 Å². The van der Waals surface area contributed by atoms with E-state index in [2.05, 4.69) is 30.1 Å². The Bertz CT molecular complexity index is 668. The average Bonchev–Trinajstić information content (AvgIpc) is 2.80. The van der Waals surface area contributed by atoms with Gasteiger partial charge in [-0.1, -0.05) is 38.5 Å². The molecule has 0 saturated carbocycles. The SMILES string of the molecule is CCCN(CCC)C(=O)CCCC(=O)NCC(c1ccccc1OC)N1CCCCC1. The van der Waals surface area contributed by atoms with Gasteiger partial charge in [-0.15, -0.1) is 0 Å². The number of carbonyl (C=O) groups is 2. The van der Waals surface area contributed by atoms with Crippen LogP contribution in [0, 0.1) is 0 Å². The second kappa shape index (κ2) is 14.1. The van der Waals surface area contributed by atoms with Gasteiger partial charge in [0.1, 0.15) is 5.75 Å². The number of likely N-dealkylation sites (tertiary alicyclic amines) is 1. The second-order valence-corrected chi connectivity index (χ2v) is 8.39. The molecule has 1 heterocycles. The number of nitrogens with zero attached hydrogens (tertiary/aromatic N) is 2. The molecule has 2 amide bonds. The third-order valence-electron chi connectivity index (χ3n) is 5.96. The van der Waals surface area contributed by atoms with Crippen molar-refractivity contribution in [1.29, 1.82) is 0 Å². The first kappa shape index (κ1) is 25.2. The highest BCUT2D eigenvalue weighted by molar-refractivity contribution is 5.79. The molecule has 0 aliphatic carbocycles. The smallest absolute Gasteiger partial charge is 0.222 e. The van der Waals surface area contributed by atoms with Crippen LogP contribution in [0.3, 0.4) is 0 Å². The highest BCUT2D eigenvalue weighted by Gasteiger charge is 2.25. The third kappa shape index (κ3) is 8.17. The second-order valence-electron chi connectivity index (χ2n) is 8.39. The molecule has 1 saturated heterocycles. The molecule has 6 nitrogen and oxygen atoms in total. The summed E-state index contributed by atoms with van der Waals surface area (Å²) in [7, 11) is 1.70. The van der Waals surface area contributed by atoms with Crippen molar-refractivity contribution in [2.75, 3.05) is 39.8 Å². The first-order valence-corrected chi connectivity index (χ1v) is 12.0. The highest BCUT2D eigenvalue weighted by Crippen LogP contribution is 2.30. The lowest BCUT2D eigenvalue weighted by Crippen LogP contribution is -2.40. The number of hydrogen-bond donors (Lipinski definition) is 1. The zero-order valence-corrected chi connectivity index (χ0v) is 19.7. The maximum Gasteiger partial charge on any atom is 0.222 e. The number of methoxy groups -OCH3 is 1. The van der Waals surface area contributed by atoms with Crippen LogP contribution in [0.1, 0.15) is 76.8 Å². The Balaban J connectivity index is 1.89. The monoisotopic (exact) mass is 431 g/mol. The molecule has 2 rings (SSSR count). The van der Waals surface area contributed by atoms with Gasteiger partial charge in [0.05, 0.1) is 13.2 Å². The molecule has 0 aromatic heterocycles. The molecule has 1 unspecified atom stereocenters. The van der Waals surface area contributed by atoms with Crippen LogP contribution < -0.4 is 10.1 Å². The minimum atomic E-state index is 0.0160. The van der Waals surface area contributed by atoms with Crippen LogP contribution in [-0.4, -0.2) is 61.4 Å². The van der Waals surface area contributed by atoms with Crippen LogP contribution >= 0.6 is 0 Å². The van der Waals surface area contributed by atoms with Crippen molar-refractivity contribution >= 4 is 11.8 Å². The van der Waals surface area contributed by atoms with Crippen LogP contribution in [0.2, 0.25) is 0 Å². The Hall–Kier alpha value is -2.08. The zero-order valence-electron chi connectivity index (χ0n) is 19.7. The maximum atomic E-state index is 12.5. The van der Waals surface area contributed by atoms with E-state index >= 15 is 0 Å². The molecule has 6 heteroatoms. The maximum absolute atomic E-state index is 12.5. The molecule has 1 N–H and O–H groups in total. The Kier molecular flexibility index (Phi) is 11.4. The molecule has 31 heavy (non-hydrogen) atoms. The zero-order chi connectivity index (χ0) is 22.5. The van der Waals surface area contributed by atoms with E-state index in [1.165, 1.54) is 19.3 Å². The molecule has 1 aliphatic heterocycles. The average molecular weight is 432 g/mol. The van der Waals surface area contributed by atoms with Crippen LogP contribution in [0.15, 0.2) is 24.3 Å². The molecular formula is C25H41N3O3. The summed E-state index contributed by atoms with van der Waals surface area (Å²) >= 11 is 0. The Morgan fingerprint density at radius 2 is 1.74 bits per heavy atom. The number of benzene rings is 1. The summed E-state index contributed by atoms with van der Waals surface area (Å²) in [5.41, 5.74) is 1.12. The van der Waals surface area contributed by atoms with E-state index in [4.69, 9.17) is 4.74 Å². The van der Waals surface area contributed by atoms with Gasteiger partial charge in [0.25, 0.3) is 0 Å². The largest absolute Gasteiger partial charge is 0.496 e. The number of nitrogens with one attached hydrogen (secondary N) is 1. The number of hydrogen-bond acceptors (Lipinski definition) is 4. The van der Waals surface area contributed by atoms with E-state index in [9.17, 15) is 9.59 Å². The number of amides is 2. The molecule has 1 fully saturated rings. The van der Waals surface area contributed by atoms with Crippen LogP contribution in [0.25, 0.3) is 0 Å². The summed E-state index contributed by atoms with van der Waals surface area (Å²) in [5, 5.41) is 3.12. The van der Waals surface area contributed by atoms with Crippen molar-refractivity contribution in [2.24, 2.45) is 0 Å². The number of rotatable bonds is 13. The van der Waals surface area contributed by atoms with E-state index in [0.29, 0.717) is 25.8 Å². The first-order valence-electron chi connectivity index (χ1n) is 12.0. The fraction of sp³-hybridized carbons (Fsp3) is 0.680. The van der Waals surface area contributed by atoms with Crippen LogP contribution in [-0.2, 0) is 9.59 Å². The van der Waals surface area contributed by atoms with Gasteiger partial charge >= 0.3 is 0 Å². The lowest BCUT2D eigenvalue weighted by atomic mass is 10.0. The van der Waals surface area contributed by atoms with Gasteiger partial charge in [-0.05, 0) is 51.3 Å². The summed E-state index contributed by atoms with van der Waals surface area (Å²) in [6.07, 6.45) is 6.99. The molecule has 0 radical (unpaired) electrons. The molecule has 0 bridgehead atoms. The van der Waals surface area contributed by atoms with E-state index < -0.39 is 0 Å². The van der Waals surface area contributed by atoms with Gasteiger partial charge < -0.3 is 15.0 Å². The third-order valence-corrected chi connectivity index (χ3v) is 5.96. The summed E-state index contributed by atoms with van der Waals surface area (Å²) in [5.74, 6) is 1.05. The van der Waals surface area contributed by atoms with Gasteiger partial charge in [0.15, 0.2) is 0 Å². The Morgan fingerprint density at radius 3 is 2.39 bits per heavy atom. The first-order chi connectivity index (χ1) is 15.1. The summed E-state index contributed by atoms with van der Waals surface area (Å²) in [6, 6.07) is 8.19. The standard InChI is InChI=1S/C25H41N3O3/c1-4-16-28(17-5-2)25(30)15-11-14-24(29)26-20-22(27-18-9-6-10-19-27)21-12-7-8-13-23(21)31-3/h7-8,12-13,22H,4-6,9-11,14-20H2,1-3H3,(H,26,29). The highest BCUT2D eigenvalue weighted by atomic mass is 16.5. The quantitative estimate of drug-likeness (QED) is 0.509. The number of ether oxygens (including phenoxy) is 1. The lowest BCUT2D eigenvalue weighted by Gasteiger charge is -2.35. The predicted octanol–water partition coefficient (Wildman–Crippen LogP) is 4.16. The minimum absolute atomic E-state index is 0.0160. The molecular weight excluding hydrogens is 390 g/mol. The van der Waals surface area contributed by atoms with Crippen molar-refractivity contribution in [3.05, 3.63) is 29.8 Å². The van der Waals surface area contributed by atoms with Gasteiger partial charge in [-0.2, -0.15) is 0 Å². The molecule has 1 aromatic rings. The van der Waals surface area contributed by atoms with Gasteiger partial charge in [-0.25, -0.2) is 0 Å². The van der Waals surface area contributed by atoms with Gasteiger partial charge in [0, 0.05) is 38.0 Å². The summed E-state index contributed by atoms with van der Waals surface area (Å²) < 4.78 is 5.60. The van der Waals surface area contributed by atoms with E-state index in [1.807, 2.05) is 23.1 Å². The normalized spacial score (nSPS) is 15.3. The number of para-hydroxylation sites is 1. The Morgan fingerprint density at radius 1 is 1.06 bits per heavy atom. The molecule has 174 valence electrons. The van der Waals surface area contributed by atoms with E-state index in [-0.39, 0.29) is 17.9 Å². The topological polar surface area (TPSA) is 61.9 Å². The van der Waals surface area contributed by atoms with Crippen molar-refractivity contribution in [2.45, 2.75) is 71.3 Å². The fourth-order valence-electron chi connectivity index (χ4n) is 4.37. The van der Waals surface area contributed by atoms with E-state index in [0.717, 1.165) is 50.3 Å². The van der Waals surface area contributed by atoms with Crippen LogP contribution in [0.4, 0.5) is 0 Å². The Labute approximate surface area is 188 Å². The molecule has 0 spiro atoms. The summed E-state index contributed by atoms with van der Waals surface area (Å²) in [4.78, 5) is 29.3.